The summed E-state index contributed by atoms with van der Waals surface area (Å²) >= 11 is 0. The molecule has 0 saturated carbocycles. The first-order valence-corrected chi connectivity index (χ1v) is 3.79. The van der Waals surface area contributed by atoms with Gasteiger partial charge in [-0.05, 0) is 13.3 Å². The van der Waals surface area contributed by atoms with Gasteiger partial charge in [0.1, 0.15) is 0 Å². The smallest absolute Gasteiger partial charge is 0.234 e. The van der Waals surface area contributed by atoms with Crippen LogP contribution in [-0.4, -0.2) is 36.2 Å². The van der Waals surface area contributed by atoms with Gasteiger partial charge in [0.05, 0.1) is 6.54 Å². The number of hydrogen-bond donors (Lipinski definition) is 3. The normalized spacial score (nSPS) is 31.6. The molecular weight excluding hydrogens is 144 g/mol. The summed E-state index contributed by atoms with van der Waals surface area (Å²) in [7, 11) is 0. The number of carbonyl (C=O) groups excluding carboxylic acids is 1. The second-order valence-corrected chi connectivity index (χ2v) is 3.16. The van der Waals surface area contributed by atoms with E-state index in [-0.39, 0.29) is 18.1 Å². The van der Waals surface area contributed by atoms with Crippen LogP contribution in [0.25, 0.3) is 0 Å². The number of aliphatic hydroxyl groups excluding tert-OH is 1. The van der Waals surface area contributed by atoms with E-state index in [9.17, 15) is 4.79 Å². The highest BCUT2D eigenvalue weighted by molar-refractivity contribution is 5.79. The highest BCUT2D eigenvalue weighted by Crippen LogP contribution is 2.09. The number of hydrogen-bond acceptors (Lipinski definition) is 3. The molecule has 1 aliphatic rings. The van der Waals surface area contributed by atoms with Gasteiger partial charge in [0.25, 0.3) is 0 Å². The fourth-order valence-electron chi connectivity index (χ4n) is 1.14. The van der Waals surface area contributed by atoms with Crippen molar-refractivity contribution in [1.29, 1.82) is 0 Å². The number of rotatable bonds is 2. The van der Waals surface area contributed by atoms with Gasteiger partial charge in [0.15, 0.2) is 0 Å². The minimum absolute atomic E-state index is 0.0282. The predicted molar refractivity (Wildman–Crippen MR) is 41.1 cm³/mol. The summed E-state index contributed by atoms with van der Waals surface area (Å²) in [6.07, 6.45) is 0.674. The van der Waals surface area contributed by atoms with E-state index in [4.69, 9.17) is 5.11 Å². The van der Waals surface area contributed by atoms with Crippen LogP contribution in [0.3, 0.4) is 0 Å². The molecule has 64 valence electrons. The molecule has 1 fully saturated rings. The summed E-state index contributed by atoms with van der Waals surface area (Å²) in [6, 6.07) is 0. The van der Waals surface area contributed by atoms with Crippen molar-refractivity contribution in [3.05, 3.63) is 0 Å². The summed E-state index contributed by atoms with van der Waals surface area (Å²) in [5, 5.41) is 14.5. The van der Waals surface area contributed by atoms with Gasteiger partial charge in [-0.25, -0.2) is 0 Å². The minimum Gasteiger partial charge on any atom is -0.396 e. The van der Waals surface area contributed by atoms with Crippen LogP contribution in [0.4, 0.5) is 0 Å². The van der Waals surface area contributed by atoms with Crippen LogP contribution < -0.4 is 10.6 Å². The number of piperazine rings is 1. The van der Waals surface area contributed by atoms with E-state index in [2.05, 4.69) is 10.6 Å². The van der Waals surface area contributed by atoms with Crippen molar-refractivity contribution in [3.63, 3.8) is 0 Å². The van der Waals surface area contributed by atoms with Crippen LogP contribution in [0, 0.1) is 0 Å². The lowest BCUT2D eigenvalue weighted by molar-refractivity contribution is -0.122. The summed E-state index contributed by atoms with van der Waals surface area (Å²) < 4.78 is 0. The SMILES string of the molecule is CC1(CCO)CNC(=O)CN1. The van der Waals surface area contributed by atoms with Gasteiger partial charge in [-0.2, -0.15) is 0 Å². The molecule has 11 heavy (non-hydrogen) atoms. The molecule has 1 rings (SSSR count). The zero-order chi connectivity index (χ0) is 8.32. The van der Waals surface area contributed by atoms with E-state index in [0.717, 1.165) is 0 Å². The topological polar surface area (TPSA) is 61.4 Å². The number of amides is 1. The third-order valence-corrected chi connectivity index (χ3v) is 2.02. The molecule has 0 spiro atoms. The van der Waals surface area contributed by atoms with Crippen molar-refractivity contribution in [3.8, 4) is 0 Å². The largest absolute Gasteiger partial charge is 0.396 e. The summed E-state index contributed by atoms with van der Waals surface area (Å²) in [5.41, 5.74) is -0.122. The molecule has 4 nitrogen and oxygen atoms in total. The van der Waals surface area contributed by atoms with Gasteiger partial charge in [-0.1, -0.05) is 0 Å². The van der Waals surface area contributed by atoms with E-state index in [1.165, 1.54) is 0 Å². The van der Waals surface area contributed by atoms with Crippen molar-refractivity contribution in [2.24, 2.45) is 0 Å². The first-order chi connectivity index (χ1) is 5.16. The van der Waals surface area contributed by atoms with Crippen LogP contribution in [0.1, 0.15) is 13.3 Å². The lowest BCUT2D eigenvalue weighted by Crippen LogP contribution is -2.60. The molecule has 0 aromatic rings. The standard InChI is InChI=1S/C7H14N2O2/c1-7(2-3-10)5-8-6(11)4-9-7/h9-10H,2-5H2,1H3,(H,8,11). The number of nitrogens with one attached hydrogen (secondary N) is 2. The fourth-order valence-corrected chi connectivity index (χ4v) is 1.14. The Balaban J connectivity index is 2.41. The summed E-state index contributed by atoms with van der Waals surface area (Å²) in [4.78, 5) is 10.7. The van der Waals surface area contributed by atoms with E-state index >= 15 is 0 Å². The average molecular weight is 158 g/mol. The maximum absolute atomic E-state index is 10.7. The van der Waals surface area contributed by atoms with Crippen LogP contribution in [0.5, 0.6) is 0 Å². The van der Waals surface area contributed by atoms with Gasteiger partial charge < -0.3 is 15.7 Å². The Kier molecular flexibility index (Phi) is 2.46. The molecule has 1 heterocycles. The molecule has 0 aliphatic carbocycles. The van der Waals surface area contributed by atoms with E-state index in [0.29, 0.717) is 19.5 Å². The highest BCUT2D eigenvalue weighted by Gasteiger charge is 2.28. The van der Waals surface area contributed by atoms with E-state index in [1.54, 1.807) is 0 Å². The van der Waals surface area contributed by atoms with Crippen LogP contribution in [0.15, 0.2) is 0 Å². The lowest BCUT2D eigenvalue weighted by Gasteiger charge is -2.34. The Hall–Kier alpha value is -0.610. The first-order valence-electron chi connectivity index (χ1n) is 3.79. The Bertz CT molecular complexity index is 149. The monoisotopic (exact) mass is 158 g/mol. The third-order valence-electron chi connectivity index (χ3n) is 2.02. The molecule has 1 aliphatic heterocycles. The zero-order valence-corrected chi connectivity index (χ0v) is 6.68. The van der Waals surface area contributed by atoms with Crippen LogP contribution >= 0.6 is 0 Å². The zero-order valence-electron chi connectivity index (χ0n) is 6.68. The van der Waals surface area contributed by atoms with Gasteiger partial charge in [-0.15, -0.1) is 0 Å². The quantitative estimate of drug-likeness (QED) is 0.475. The second kappa shape index (κ2) is 3.19. The molecule has 1 unspecified atom stereocenters. The number of carbonyl (C=O) groups is 1. The maximum Gasteiger partial charge on any atom is 0.234 e. The van der Waals surface area contributed by atoms with Gasteiger partial charge >= 0.3 is 0 Å². The third kappa shape index (κ3) is 2.17. The van der Waals surface area contributed by atoms with E-state index in [1.807, 2.05) is 6.92 Å². The molecule has 0 radical (unpaired) electrons. The summed E-state index contributed by atoms with van der Waals surface area (Å²) in [6.45, 7) is 3.10. The van der Waals surface area contributed by atoms with Crippen molar-refractivity contribution in [1.82, 2.24) is 10.6 Å². The lowest BCUT2D eigenvalue weighted by atomic mass is 9.96. The van der Waals surface area contributed by atoms with Gasteiger partial charge in [-0.3, -0.25) is 4.79 Å². The summed E-state index contributed by atoms with van der Waals surface area (Å²) in [5.74, 6) is 0.0282. The number of aliphatic hydroxyl groups is 1. The highest BCUT2D eigenvalue weighted by atomic mass is 16.3. The molecule has 4 heteroatoms. The fraction of sp³-hybridized carbons (Fsp3) is 0.857. The molecule has 0 bridgehead atoms. The predicted octanol–water partition coefficient (Wildman–Crippen LogP) is -1.15. The van der Waals surface area contributed by atoms with Crippen molar-refractivity contribution in [2.75, 3.05) is 19.7 Å². The molecule has 3 N–H and O–H groups in total. The molecular formula is C7H14N2O2. The Morgan fingerprint density at radius 2 is 2.45 bits per heavy atom. The van der Waals surface area contributed by atoms with Crippen LogP contribution in [-0.2, 0) is 4.79 Å². The maximum atomic E-state index is 10.7. The van der Waals surface area contributed by atoms with Gasteiger partial charge in [0, 0.05) is 18.7 Å². The second-order valence-electron chi connectivity index (χ2n) is 3.16. The minimum atomic E-state index is -0.122. The Labute approximate surface area is 66.0 Å². The molecule has 1 saturated heterocycles. The van der Waals surface area contributed by atoms with Crippen molar-refractivity contribution < 1.29 is 9.90 Å². The molecule has 1 amide bonds. The Morgan fingerprint density at radius 3 is 2.91 bits per heavy atom. The molecule has 0 aromatic carbocycles. The first kappa shape index (κ1) is 8.49. The molecule has 0 aromatic heterocycles. The van der Waals surface area contributed by atoms with Crippen LogP contribution in [0.2, 0.25) is 0 Å². The van der Waals surface area contributed by atoms with Gasteiger partial charge in [0.2, 0.25) is 5.91 Å². The molecule has 1 atom stereocenters. The van der Waals surface area contributed by atoms with E-state index < -0.39 is 0 Å². The van der Waals surface area contributed by atoms with Crippen molar-refractivity contribution in [2.45, 2.75) is 18.9 Å². The van der Waals surface area contributed by atoms with Crippen molar-refractivity contribution >= 4 is 5.91 Å². The Morgan fingerprint density at radius 1 is 1.73 bits per heavy atom. The average Bonchev–Trinajstić information content (AvgIpc) is 1.97.